The highest BCUT2D eigenvalue weighted by atomic mass is 79.9. The first-order chi connectivity index (χ1) is 19.6. The maximum absolute atomic E-state index is 13.8. The van der Waals surface area contributed by atoms with Gasteiger partial charge in [-0.25, -0.2) is 36.0 Å². The molecule has 2 heterocycles. The SMILES string of the molecule is O=C(N[C@@H](Cc1cc(F)cc(F)c1)c1ncccc1Br)NS(=O)N[C@@H](Cc1cc(F)cc(F)c1)c1ncccc1Br. The molecule has 2 amide bonds. The summed E-state index contributed by atoms with van der Waals surface area (Å²) in [5, 5.41) is 2.64. The van der Waals surface area contributed by atoms with Gasteiger partial charge in [-0.2, -0.15) is 0 Å². The summed E-state index contributed by atoms with van der Waals surface area (Å²) in [6.45, 7) is 0. The Balaban J connectivity index is 1.52. The molecule has 0 fully saturated rings. The summed E-state index contributed by atoms with van der Waals surface area (Å²) in [6, 6.07) is 10.1. The molecule has 14 heteroatoms. The van der Waals surface area contributed by atoms with E-state index in [1.54, 1.807) is 24.3 Å². The smallest absolute Gasteiger partial charge is 0.328 e. The Hall–Kier alpha value is -3.20. The minimum absolute atomic E-state index is 0.0199. The lowest BCUT2D eigenvalue weighted by Crippen LogP contribution is -2.44. The van der Waals surface area contributed by atoms with E-state index in [0.29, 0.717) is 20.3 Å². The molecule has 214 valence electrons. The van der Waals surface area contributed by atoms with E-state index in [0.717, 1.165) is 36.4 Å². The zero-order chi connectivity index (χ0) is 29.5. The second-order valence-corrected chi connectivity index (χ2v) is 11.5. The highest BCUT2D eigenvalue weighted by molar-refractivity contribution is 9.10. The molecule has 0 aliphatic rings. The summed E-state index contributed by atoms with van der Waals surface area (Å²) in [7, 11) is 0. The number of amides is 2. The molecule has 7 nitrogen and oxygen atoms in total. The van der Waals surface area contributed by atoms with Crippen molar-refractivity contribution in [1.82, 2.24) is 24.7 Å². The van der Waals surface area contributed by atoms with Crippen LogP contribution in [0.1, 0.15) is 34.6 Å². The fraction of sp³-hybridized carbons (Fsp3) is 0.148. The molecule has 4 rings (SSSR count). The van der Waals surface area contributed by atoms with Crippen LogP contribution in [0.3, 0.4) is 0 Å². The summed E-state index contributed by atoms with van der Waals surface area (Å²) in [5.74, 6) is -3.11. The van der Waals surface area contributed by atoms with E-state index in [4.69, 9.17) is 0 Å². The second kappa shape index (κ2) is 14.1. The molecule has 0 spiro atoms. The number of pyridine rings is 2. The standard InChI is InChI=1S/C27H21Br2F4N5O2S/c28-21-3-1-5-34-25(21)23(11-15-7-17(30)13-18(31)8-15)36-27(39)38-41(40)37-24(26-22(29)4-2-6-35-26)12-16-9-19(32)14-20(33)10-16/h1-10,13-14,23-24,37H,11-12H2,(H2,36,38,39)/t23-,24-,41?/m0/s1. The van der Waals surface area contributed by atoms with Crippen LogP contribution in [-0.4, -0.2) is 20.2 Å². The lowest BCUT2D eigenvalue weighted by Gasteiger charge is -2.22. The van der Waals surface area contributed by atoms with Gasteiger partial charge in [0.1, 0.15) is 23.3 Å². The van der Waals surface area contributed by atoms with Gasteiger partial charge < -0.3 is 5.32 Å². The number of hydrogen-bond acceptors (Lipinski definition) is 4. The number of benzene rings is 2. The fourth-order valence-electron chi connectivity index (χ4n) is 4.08. The van der Waals surface area contributed by atoms with E-state index in [9.17, 15) is 26.6 Å². The molecule has 3 N–H and O–H groups in total. The van der Waals surface area contributed by atoms with Gasteiger partial charge in [-0.05, 0) is 104 Å². The van der Waals surface area contributed by atoms with Gasteiger partial charge in [-0.15, -0.1) is 0 Å². The average molecular weight is 715 g/mol. The second-order valence-electron chi connectivity index (χ2n) is 8.77. The van der Waals surface area contributed by atoms with E-state index in [1.807, 2.05) is 0 Å². The molecule has 0 aliphatic heterocycles. The van der Waals surface area contributed by atoms with Crippen LogP contribution in [0.15, 0.2) is 82.0 Å². The Bertz CT molecular complexity index is 1430. The maximum atomic E-state index is 13.8. The molecule has 2 aromatic heterocycles. The molecule has 2 aromatic carbocycles. The lowest BCUT2D eigenvalue weighted by atomic mass is 10.0. The Morgan fingerprint density at radius 3 is 1.66 bits per heavy atom. The molecule has 0 bridgehead atoms. The number of halogens is 6. The number of carbonyl (C=O) groups is 1. The van der Waals surface area contributed by atoms with Gasteiger partial charge in [-0.1, -0.05) is 0 Å². The molecule has 0 saturated carbocycles. The number of urea groups is 1. The van der Waals surface area contributed by atoms with Crippen molar-refractivity contribution in [3.63, 3.8) is 0 Å². The number of nitrogens with zero attached hydrogens (tertiary/aromatic N) is 2. The Morgan fingerprint density at radius 2 is 1.20 bits per heavy atom. The summed E-state index contributed by atoms with van der Waals surface area (Å²) < 4.78 is 74.4. The molecule has 1 unspecified atom stereocenters. The van der Waals surface area contributed by atoms with Crippen LogP contribution in [0.5, 0.6) is 0 Å². The van der Waals surface area contributed by atoms with Crippen molar-refractivity contribution >= 4 is 49.1 Å². The highest BCUT2D eigenvalue weighted by Crippen LogP contribution is 2.26. The van der Waals surface area contributed by atoms with E-state index in [-0.39, 0.29) is 24.0 Å². The van der Waals surface area contributed by atoms with Gasteiger partial charge in [0.2, 0.25) is 0 Å². The van der Waals surface area contributed by atoms with Crippen LogP contribution >= 0.6 is 31.9 Å². The molecule has 0 saturated heterocycles. The van der Waals surface area contributed by atoms with Crippen molar-refractivity contribution in [2.45, 2.75) is 24.9 Å². The number of aromatic nitrogens is 2. The van der Waals surface area contributed by atoms with Gasteiger partial charge >= 0.3 is 6.03 Å². The first-order valence-electron chi connectivity index (χ1n) is 11.9. The van der Waals surface area contributed by atoms with Gasteiger partial charge in [0.05, 0.1) is 23.5 Å². The first kappa shape index (κ1) is 30.8. The van der Waals surface area contributed by atoms with Gasteiger partial charge in [-0.3, -0.25) is 9.97 Å². The predicted molar refractivity (Wildman–Crippen MR) is 152 cm³/mol. The maximum Gasteiger partial charge on any atom is 0.328 e. The normalized spacial score (nSPS) is 13.3. The van der Waals surface area contributed by atoms with Crippen molar-refractivity contribution < 1.29 is 26.6 Å². The molecule has 3 atom stereocenters. The minimum Gasteiger partial charge on any atom is -0.329 e. The minimum atomic E-state index is -2.22. The molecule has 0 aliphatic carbocycles. The Labute approximate surface area is 252 Å². The Morgan fingerprint density at radius 1 is 0.756 bits per heavy atom. The van der Waals surface area contributed by atoms with E-state index in [1.165, 1.54) is 12.4 Å². The van der Waals surface area contributed by atoms with Crippen LogP contribution in [0, 0.1) is 23.3 Å². The highest BCUT2D eigenvalue weighted by Gasteiger charge is 2.24. The largest absolute Gasteiger partial charge is 0.329 e. The third-order valence-electron chi connectivity index (χ3n) is 5.70. The lowest BCUT2D eigenvalue weighted by molar-refractivity contribution is 0.242. The monoisotopic (exact) mass is 713 g/mol. The quantitative estimate of drug-likeness (QED) is 0.168. The first-order valence-corrected chi connectivity index (χ1v) is 14.7. The number of nitrogens with one attached hydrogen (secondary N) is 3. The van der Waals surface area contributed by atoms with Crippen molar-refractivity contribution in [3.05, 3.63) is 128 Å². The van der Waals surface area contributed by atoms with Crippen LogP contribution in [0.25, 0.3) is 0 Å². The van der Waals surface area contributed by atoms with Crippen LogP contribution < -0.4 is 14.8 Å². The summed E-state index contributed by atoms with van der Waals surface area (Å²) in [6.07, 6.45) is 2.93. The Kier molecular flexibility index (Phi) is 10.6. The van der Waals surface area contributed by atoms with Gasteiger partial charge in [0, 0.05) is 33.5 Å². The molecular formula is C27H21Br2F4N5O2S. The third-order valence-corrected chi connectivity index (χ3v) is 7.91. The predicted octanol–water partition coefficient (Wildman–Crippen LogP) is 6.29. The number of carbonyl (C=O) groups excluding carboxylic acids is 1. The summed E-state index contributed by atoms with van der Waals surface area (Å²) in [4.78, 5) is 21.5. The van der Waals surface area contributed by atoms with Crippen molar-refractivity contribution in [2.24, 2.45) is 0 Å². The molecule has 0 radical (unpaired) electrons. The fourth-order valence-corrected chi connectivity index (χ4v) is 5.88. The average Bonchev–Trinajstić information content (AvgIpc) is 2.87. The summed E-state index contributed by atoms with van der Waals surface area (Å²) in [5.41, 5.74) is 1.28. The zero-order valence-corrected chi connectivity index (χ0v) is 24.9. The zero-order valence-electron chi connectivity index (χ0n) is 20.9. The topological polar surface area (TPSA) is 96.0 Å². The van der Waals surface area contributed by atoms with Crippen molar-refractivity contribution in [3.8, 4) is 0 Å². The number of hydrogen-bond donors (Lipinski definition) is 3. The van der Waals surface area contributed by atoms with E-state index < -0.39 is 52.6 Å². The van der Waals surface area contributed by atoms with Crippen molar-refractivity contribution in [2.75, 3.05) is 0 Å². The van der Waals surface area contributed by atoms with Gasteiger partial charge in [0.25, 0.3) is 0 Å². The third kappa shape index (κ3) is 8.89. The number of rotatable bonds is 10. The van der Waals surface area contributed by atoms with Crippen molar-refractivity contribution in [1.29, 1.82) is 0 Å². The molecule has 41 heavy (non-hydrogen) atoms. The van der Waals surface area contributed by atoms with E-state index >= 15 is 0 Å². The molecule has 4 aromatic rings. The van der Waals surface area contributed by atoms with E-state index in [2.05, 4.69) is 56.6 Å². The van der Waals surface area contributed by atoms with Crippen LogP contribution in [-0.2, 0) is 24.0 Å². The van der Waals surface area contributed by atoms with Gasteiger partial charge in [0.15, 0.2) is 11.2 Å². The van der Waals surface area contributed by atoms with Crippen LogP contribution in [0.4, 0.5) is 22.4 Å². The summed E-state index contributed by atoms with van der Waals surface area (Å²) >= 11 is 4.52. The van der Waals surface area contributed by atoms with Crippen LogP contribution in [0.2, 0.25) is 0 Å². The molecular weight excluding hydrogens is 694 g/mol.